The quantitative estimate of drug-likeness (QED) is 0.725. The number of aromatic nitrogens is 2. The molecule has 3 N–H and O–H groups in total. The van der Waals surface area contributed by atoms with Gasteiger partial charge in [-0.05, 0) is 37.8 Å². The number of H-pyrrole nitrogens is 1. The van der Waals surface area contributed by atoms with Crippen LogP contribution in [0.5, 0.6) is 0 Å². The van der Waals surface area contributed by atoms with Crippen molar-refractivity contribution in [3.05, 3.63) is 18.2 Å². The second-order valence-corrected chi connectivity index (χ2v) is 5.45. The van der Waals surface area contributed by atoms with Crippen LogP contribution >= 0.6 is 0 Å². The van der Waals surface area contributed by atoms with Crippen LogP contribution in [0.4, 0.5) is 0 Å². The number of piperidine rings is 1. The average Bonchev–Trinajstić information content (AvgIpc) is 2.85. The Kier molecular flexibility index (Phi) is 3.07. The second-order valence-electron chi connectivity index (χ2n) is 5.45. The van der Waals surface area contributed by atoms with Crippen molar-refractivity contribution in [2.75, 3.05) is 19.6 Å². The highest BCUT2D eigenvalue weighted by molar-refractivity contribution is 5.82. The molecule has 5 nitrogen and oxygen atoms in total. The topological polar surface area (TPSA) is 69.8 Å². The number of amides is 1. The predicted molar refractivity (Wildman–Crippen MR) is 67.9 cm³/mol. The maximum atomic E-state index is 12.0. The first kappa shape index (κ1) is 11.7. The summed E-state index contributed by atoms with van der Waals surface area (Å²) in [6.07, 6.45) is 7.72. The van der Waals surface area contributed by atoms with Crippen LogP contribution in [0.2, 0.25) is 0 Å². The Hall–Kier alpha value is -1.36. The van der Waals surface area contributed by atoms with E-state index in [9.17, 15) is 4.79 Å². The van der Waals surface area contributed by atoms with E-state index >= 15 is 0 Å². The van der Waals surface area contributed by atoms with Crippen molar-refractivity contribution in [1.82, 2.24) is 20.6 Å². The summed E-state index contributed by atoms with van der Waals surface area (Å²) in [5.74, 6) is 1.43. The molecule has 1 aromatic rings. The van der Waals surface area contributed by atoms with Crippen LogP contribution in [-0.4, -0.2) is 35.5 Å². The van der Waals surface area contributed by atoms with Gasteiger partial charge in [-0.15, -0.1) is 0 Å². The predicted octanol–water partition coefficient (Wildman–Crippen LogP) is 0.458. The number of nitrogens with one attached hydrogen (secondary N) is 3. The molecule has 1 saturated heterocycles. The molecule has 0 aromatic carbocycles. The van der Waals surface area contributed by atoms with Gasteiger partial charge in [0, 0.05) is 31.3 Å². The van der Waals surface area contributed by atoms with Gasteiger partial charge in [0.15, 0.2) is 0 Å². The van der Waals surface area contributed by atoms with Crippen molar-refractivity contribution in [2.24, 2.45) is 11.3 Å². The van der Waals surface area contributed by atoms with E-state index < -0.39 is 0 Å². The third kappa shape index (κ3) is 2.27. The zero-order valence-corrected chi connectivity index (χ0v) is 10.5. The number of imidazole rings is 1. The van der Waals surface area contributed by atoms with Gasteiger partial charge in [0.1, 0.15) is 5.82 Å². The Morgan fingerprint density at radius 2 is 2.33 bits per heavy atom. The van der Waals surface area contributed by atoms with Gasteiger partial charge in [-0.3, -0.25) is 4.79 Å². The Bertz CT molecular complexity index is 409. The number of hydrogen-bond donors (Lipinski definition) is 3. The highest BCUT2D eigenvalue weighted by Gasteiger charge is 2.57. The third-order valence-corrected chi connectivity index (χ3v) is 4.32. The largest absolute Gasteiger partial charge is 0.355 e. The lowest BCUT2D eigenvalue weighted by molar-refractivity contribution is -0.123. The maximum Gasteiger partial charge on any atom is 0.223 e. The van der Waals surface area contributed by atoms with Crippen LogP contribution in [0.25, 0.3) is 0 Å². The first-order valence-corrected chi connectivity index (χ1v) is 6.77. The number of rotatable bonds is 4. The SMILES string of the molecule is O=C(NCCc1ncc[nH]1)C1CC12CCNCC2. The minimum absolute atomic E-state index is 0.239. The minimum atomic E-state index is 0.239. The van der Waals surface area contributed by atoms with E-state index in [2.05, 4.69) is 20.6 Å². The summed E-state index contributed by atoms with van der Waals surface area (Å²) >= 11 is 0. The fraction of sp³-hybridized carbons (Fsp3) is 0.692. The van der Waals surface area contributed by atoms with Gasteiger partial charge < -0.3 is 15.6 Å². The van der Waals surface area contributed by atoms with E-state index in [-0.39, 0.29) is 11.8 Å². The van der Waals surface area contributed by atoms with Gasteiger partial charge in [0.2, 0.25) is 5.91 Å². The summed E-state index contributed by atoms with van der Waals surface area (Å²) in [6.45, 7) is 2.81. The third-order valence-electron chi connectivity index (χ3n) is 4.32. The lowest BCUT2D eigenvalue weighted by atomic mass is 9.92. The van der Waals surface area contributed by atoms with E-state index in [0.717, 1.165) is 44.6 Å². The highest BCUT2D eigenvalue weighted by Crippen LogP contribution is 2.58. The summed E-state index contributed by atoms with van der Waals surface area (Å²) in [7, 11) is 0. The molecule has 3 rings (SSSR count). The molecule has 1 atom stereocenters. The van der Waals surface area contributed by atoms with Crippen molar-refractivity contribution in [3.63, 3.8) is 0 Å². The molecule has 0 bridgehead atoms. The molecule has 2 aliphatic rings. The van der Waals surface area contributed by atoms with Crippen LogP contribution < -0.4 is 10.6 Å². The first-order valence-electron chi connectivity index (χ1n) is 6.77. The molecular formula is C13H20N4O. The normalized spacial score (nSPS) is 25.0. The van der Waals surface area contributed by atoms with Crippen LogP contribution in [-0.2, 0) is 11.2 Å². The maximum absolute atomic E-state index is 12.0. The molecule has 0 radical (unpaired) electrons. The van der Waals surface area contributed by atoms with Crippen molar-refractivity contribution in [1.29, 1.82) is 0 Å². The second kappa shape index (κ2) is 4.72. The molecule has 1 aliphatic heterocycles. The van der Waals surface area contributed by atoms with Crippen LogP contribution in [0.1, 0.15) is 25.1 Å². The van der Waals surface area contributed by atoms with E-state index in [0.29, 0.717) is 12.0 Å². The van der Waals surface area contributed by atoms with Crippen molar-refractivity contribution in [2.45, 2.75) is 25.7 Å². The summed E-state index contributed by atoms with van der Waals surface area (Å²) in [5, 5.41) is 6.39. The molecule has 2 fully saturated rings. The summed E-state index contributed by atoms with van der Waals surface area (Å²) in [5.41, 5.74) is 0.333. The fourth-order valence-corrected chi connectivity index (χ4v) is 3.06. The summed E-state index contributed by atoms with van der Waals surface area (Å²) in [6, 6.07) is 0. The van der Waals surface area contributed by atoms with E-state index in [4.69, 9.17) is 0 Å². The molecule has 1 aromatic heterocycles. The Morgan fingerprint density at radius 1 is 1.50 bits per heavy atom. The molecule has 1 amide bonds. The zero-order chi connectivity index (χ0) is 12.4. The Balaban J connectivity index is 1.43. The van der Waals surface area contributed by atoms with Crippen molar-refractivity contribution in [3.8, 4) is 0 Å². The minimum Gasteiger partial charge on any atom is -0.355 e. The van der Waals surface area contributed by atoms with Gasteiger partial charge in [0.25, 0.3) is 0 Å². The molecule has 5 heteroatoms. The molecule has 1 spiro atoms. The number of hydrogen-bond acceptors (Lipinski definition) is 3. The van der Waals surface area contributed by atoms with Gasteiger partial charge in [-0.1, -0.05) is 0 Å². The molecular weight excluding hydrogens is 228 g/mol. The van der Waals surface area contributed by atoms with Crippen LogP contribution in [0.3, 0.4) is 0 Å². The zero-order valence-electron chi connectivity index (χ0n) is 10.5. The Labute approximate surface area is 107 Å². The molecule has 18 heavy (non-hydrogen) atoms. The van der Waals surface area contributed by atoms with Gasteiger partial charge in [-0.25, -0.2) is 4.98 Å². The summed E-state index contributed by atoms with van der Waals surface area (Å²) < 4.78 is 0. The number of aromatic amines is 1. The van der Waals surface area contributed by atoms with Crippen molar-refractivity contribution < 1.29 is 4.79 Å². The van der Waals surface area contributed by atoms with Crippen molar-refractivity contribution >= 4 is 5.91 Å². The van der Waals surface area contributed by atoms with E-state index in [1.807, 2.05) is 6.20 Å². The molecule has 1 aliphatic carbocycles. The molecule has 2 heterocycles. The first-order chi connectivity index (χ1) is 8.80. The molecule has 98 valence electrons. The highest BCUT2D eigenvalue weighted by atomic mass is 16.2. The standard InChI is InChI=1S/C13H20N4O/c18-12(17-4-1-11-15-7-8-16-11)10-9-13(10)2-5-14-6-3-13/h7-8,10,14H,1-6,9H2,(H,15,16)(H,17,18). The molecule has 1 unspecified atom stereocenters. The monoisotopic (exact) mass is 248 g/mol. The smallest absolute Gasteiger partial charge is 0.223 e. The van der Waals surface area contributed by atoms with Crippen LogP contribution in [0, 0.1) is 11.3 Å². The van der Waals surface area contributed by atoms with Gasteiger partial charge in [-0.2, -0.15) is 0 Å². The van der Waals surface area contributed by atoms with E-state index in [1.165, 1.54) is 0 Å². The van der Waals surface area contributed by atoms with E-state index in [1.54, 1.807) is 6.20 Å². The van der Waals surface area contributed by atoms with Gasteiger partial charge >= 0.3 is 0 Å². The number of carbonyl (C=O) groups is 1. The lowest BCUT2D eigenvalue weighted by Gasteiger charge is -2.23. The summed E-state index contributed by atoms with van der Waals surface area (Å²) in [4.78, 5) is 19.2. The molecule has 1 saturated carbocycles. The number of nitrogens with zero attached hydrogens (tertiary/aromatic N) is 1. The Morgan fingerprint density at radius 3 is 3.06 bits per heavy atom. The lowest BCUT2D eigenvalue weighted by Crippen LogP contribution is -2.34. The van der Waals surface area contributed by atoms with Crippen LogP contribution in [0.15, 0.2) is 12.4 Å². The fourth-order valence-electron chi connectivity index (χ4n) is 3.06. The number of carbonyl (C=O) groups excluding carboxylic acids is 1. The average molecular weight is 248 g/mol. The van der Waals surface area contributed by atoms with Gasteiger partial charge in [0.05, 0.1) is 0 Å².